The van der Waals surface area contributed by atoms with Gasteiger partial charge in [-0.3, -0.25) is 9.59 Å². The molecule has 3 nitrogen and oxygen atoms in total. The van der Waals surface area contributed by atoms with E-state index >= 15 is 0 Å². The van der Waals surface area contributed by atoms with Gasteiger partial charge >= 0.3 is 0 Å². The first-order valence-corrected chi connectivity index (χ1v) is 8.44. The molecule has 1 amide bonds. The Hall–Kier alpha value is -0.510. The zero-order valence-corrected chi connectivity index (χ0v) is 12.0. The van der Waals surface area contributed by atoms with Crippen LogP contribution in [0.1, 0.15) is 44.9 Å². The Morgan fingerprint density at radius 1 is 1.33 bits per heavy atom. The lowest BCUT2D eigenvalue weighted by molar-refractivity contribution is -0.137. The number of hydrogen-bond donors (Lipinski definition) is 0. The van der Waals surface area contributed by atoms with Gasteiger partial charge in [-0.15, -0.1) is 0 Å². The Kier molecular flexibility index (Phi) is 5.10. The van der Waals surface area contributed by atoms with Gasteiger partial charge in [0.15, 0.2) is 0 Å². The summed E-state index contributed by atoms with van der Waals surface area (Å²) in [6.07, 6.45) is 8.70. The van der Waals surface area contributed by atoms with E-state index in [2.05, 4.69) is 0 Å². The highest BCUT2D eigenvalue weighted by Gasteiger charge is 2.38. The van der Waals surface area contributed by atoms with Gasteiger partial charge < -0.3 is 4.90 Å². The molecule has 2 fully saturated rings. The molecule has 0 N–H and O–H groups in total. The van der Waals surface area contributed by atoms with E-state index in [9.17, 15) is 9.59 Å². The van der Waals surface area contributed by atoms with Crippen LogP contribution in [-0.4, -0.2) is 41.2 Å². The van der Waals surface area contributed by atoms with Gasteiger partial charge in [-0.25, -0.2) is 0 Å². The maximum Gasteiger partial charge on any atom is 0.223 e. The predicted molar refractivity (Wildman–Crippen MR) is 74.7 cm³/mol. The molecule has 2 aliphatic rings. The molecule has 0 spiro atoms. The van der Waals surface area contributed by atoms with Crippen molar-refractivity contribution in [1.82, 2.24) is 4.90 Å². The van der Waals surface area contributed by atoms with Crippen molar-refractivity contribution < 1.29 is 9.59 Å². The number of carbonyl (C=O) groups excluding carboxylic acids is 2. The minimum absolute atomic E-state index is 0.142. The largest absolute Gasteiger partial charge is 0.339 e. The van der Waals surface area contributed by atoms with Crippen molar-refractivity contribution in [2.24, 2.45) is 5.92 Å². The first kappa shape index (κ1) is 13.9. The Balaban J connectivity index is 2.01. The highest BCUT2D eigenvalue weighted by Crippen LogP contribution is 2.33. The third kappa shape index (κ3) is 3.08. The van der Waals surface area contributed by atoms with Crippen LogP contribution < -0.4 is 0 Å². The lowest BCUT2D eigenvalue weighted by Crippen LogP contribution is -2.48. The molecule has 0 aromatic heterocycles. The second-order valence-corrected chi connectivity index (χ2v) is 6.34. The Bertz CT molecular complexity index is 319. The maximum absolute atomic E-state index is 12.2. The number of thioether (sulfide) groups is 1. The van der Waals surface area contributed by atoms with Crippen LogP contribution in [0.2, 0.25) is 0 Å². The van der Waals surface area contributed by atoms with Crippen molar-refractivity contribution in [1.29, 1.82) is 0 Å². The molecule has 1 saturated heterocycles. The Morgan fingerprint density at radius 2 is 2.17 bits per heavy atom. The van der Waals surface area contributed by atoms with E-state index in [1.165, 1.54) is 6.42 Å². The molecule has 18 heavy (non-hydrogen) atoms. The molecule has 2 unspecified atom stereocenters. The van der Waals surface area contributed by atoms with E-state index in [4.69, 9.17) is 0 Å². The summed E-state index contributed by atoms with van der Waals surface area (Å²) in [5.74, 6) is 1.68. The number of rotatable bonds is 4. The van der Waals surface area contributed by atoms with E-state index < -0.39 is 0 Å². The van der Waals surface area contributed by atoms with Gasteiger partial charge in [0.05, 0.1) is 0 Å². The fourth-order valence-electron chi connectivity index (χ4n) is 3.27. The van der Waals surface area contributed by atoms with Crippen molar-refractivity contribution in [3.63, 3.8) is 0 Å². The average molecular weight is 269 g/mol. The third-order valence-electron chi connectivity index (χ3n) is 4.21. The van der Waals surface area contributed by atoms with Crippen molar-refractivity contribution in [2.75, 3.05) is 18.6 Å². The van der Waals surface area contributed by atoms with Gasteiger partial charge in [0, 0.05) is 37.1 Å². The number of hydrogen-bond acceptors (Lipinski definition) is 3. The molecule has 1 heterocycles. The summed E-state index contributed by atoms with van der Waals surface area (Å²) >= 11 is 1.71. The average Bonchev–Trinajstić information content (AvgIpc) is 2.82. The number of ketones is 1. The standard InChI is InChI=1S/C14H23NO2S/c1-18-10-8-14(17)15-9-3-2-6-12(15)11-5-4-7-13(11)16/h11-12H,2-10H2,1H3. The number of carbonyl (C=O) groups is 2. The van der Waals surface area contributed by atoms with E-state index in [1.54, 1.807) is 11.8 Å². The molecular formula is C14H23NO2S. The summed E-state index contributed by atoms with van der Waals surface area (Å²) < 4.78 is 0. The highest BCUT2D eigenvalue weighted by molar-refractivity contribution is 7.98. The monoisotopic (exact) mass is 269 g/mol. The quantitative estimate of drug-likeness (QED) is 0.787. The number of Topliss-reactive ketones (excluding diaryl/α,β-unsaturated/α-hetero) is 1. The molecule has 2 rings (SSSR count). The van der Waals surface area contributed by atoms with E-state index in [0.29, 0.717) is 12.2 Å². The highest BCUT2D eigenvalue weighted by atomic mass is 32.2. The summed E-state index contributed by atoms with van der Waals surface area (Å²) in [6, 6.07) is 0.211. The summed E-state index contributed by atoms with van der Waals surface area (Å²) in [5, 5.41) is 0. The Labute approximate surface area is 114 Å². The van der Waals surface area contributed by atoms with Gasteiger partial charge in [-0.05, 0) is 38.4 Å². The SMILES string of the molecule is CSCCC(=O)N1CCCCC1C1CCCC1=O. The molecule has 0 bridgehead atoms. The van der Waals surface area contributed by atoms with Gasteiger partial charge in [0.2, 0.25) is 5.91 Å². The lowest BCUT2D eigenvalue weighted by atomic mass is 9.88. The van der Waals surface area contributed by atoms with Crippen LogP contribution >= 0.6 is 11.8 Å². The van der Waals surface area contributed by atoms with Crippen LogP contribution in [0.3, 0.4) is 0 Å². The van der Waals surface area contributed by atoms with Crippen LogP contribution in [0.4, 0.5) is 0 Å². The summed E-state index contributed by atoms with van der Waals surface area (Å²) in [6.45, 7) is 0.863. The minimum Gasteiger partial charge on any atom is -0.339 e. The zero-order chi connectivity index (χ0) is 13.0. The number of piperidine rings is 1. The molecular weight excluding hydrogens is 246 g/mol. The summed E-state index contributed by atoms with van der Waals surface area (Å²) in [7, 11) is 0. The van der Waals surface area contributed by atoms with Crippen molar-refractivity contribution in [2.45, 2.75) is 51.0 Å². The van der Waals surface area contributed by atoms with Gasteiger partial charge in [-0.1, -0.05) is 0 Å². The minimum atomic E-state index is 0.142. The first-order chi connectivity index (χ1) is 8.74. The van der Waals surface area contributed by atoms with Gasteiger partial charge in [0.1, 0.15) is 5.78 Å². The van der Waals surface area contributed by atoms with Crippen molar-refractivity contribution in [3.05, 3.63) is 0 Å². The fourth-order valence-corrected chi connectivity index (χ4v) is 3.65. The molecule has 102 valence electrons. The topological polar surface area (TPSA) is 37.4 Å². The van der Waals surface area contributed by atoms with Crippen LogP contribution in [-0.2, 0) is 9.59 Å². The van der Waals surface area contributed by atoms with Crippen molar-refractivity contribution >= 4 is 23.5 Å². The molecule has 0 aromatic carbocycles. The first-order valence-electron chi connectivity index (χ1n) is 7.05. The second-order valence-electron chi connectivity index (χ2n) is 5.36. The number of likely N-dealkylation sites (tertiary alicyclic amines) is 1. The lowest BCUT2D eigenvalue weighted by Gasteiger charge is -2.38. The van der Waals surface area contributed by atoms with Gasteiger partial charge in [-0.2, -0.15) is 11.8 Å². The predicted octanol–water partition coefficient (Wildman–Crippen LogP) is 2.49. The van der Waals surface area contributed by atoms with Gasteiger partial charge in [0.25, 0.3) is 0 Å². The van der Waals surface area contributed by atoms with Crippen LogP contribution in [0, 0.1) is 5.92 Å². The normalized spacial score (nSPS) is 28.7. The summed E-state index contributed by atoms with van der Waals surface area (Å²) in [5.41, 5.74) is 0. The molecule has 4 heteroatoms. The molecule has 2 atom stereocenters. The van der Waals surface area contributed by atoms with Crippen LogP contribution in [0.15, 0.2) is 0 Å². The molecule has 0 aromatic rings. The molecule has 1 aliphatic heterocycles. The summed E-state index contributed by atoms with van der Waals surface area (Å²) in [4.78, 5) is 26.2. The van der Waals surface area contributed by atoms with Crippen molar-refractivity contribution in [3.8, 4) is 0 Å². The van der Waals surface area contributed by atoms with E-state index in [0.717, 1.165) is 44.4 Å². The Morgan fingerprint density at radius 3 is 2.83 bits per heavy atom. The molecule has 0 radical (unpaired) electrons. The van der Waals surface area contributed by atoms with E-state index in [-0.39, 0.29) is 17.9 Å². The fraction of sp³-hybridized carbons (Fsp3) is 0.857. The molecule has 1 aliphatic carbocycles. The maximum atomic E-state index is 12.2. The van der Waals surface area contributed by atoms with E-state index in [1.807, 2.05) is 11.2 Å². The molecule has 1 saturated carbocycles. The van der Waals surface area contributed by atoms with Crippen LogP contribution in [0.25, 0.3) is 0 Å². The number of amides is 1. The number of nitrogens with zero attached hydrogens (tertiary/aromatic N) is 1. The second kappa shape index (κ2) is 6.60. The third-order valence-corrected chi connectivity index (χ3v) is 4.82. The smallest absolute Gasteiger partial charge is 0.223 e. The van der Waals surface area contributed by atoms with Crippen LogP contribution in [0.5, 0.6) is 0 Å². The zero-order valence-electron chi connectivity index (χ0n) is 11.2.